The van der Waals surface area contributed by atoms with Gasteiger partial charge in [0.05, 0.1) is 18.7 Å². The summed E-state index contributed by atoms with van der Waals surface area (Å²) in [4.78, 5) is 25.3. The Labute approximate surface area is 166 Å². The molecule has 8 nitrogen and oxygen atoms in total. The summed E-state index contributed by atoms with van der Waals surface area (Å²) in [6, 6.07) is 4.09. The average Bonchev–Trinajstić information content (AvgIpc) is 3.01. The minimum Gasteiger partial charge on any atom is -0.475 e. The van der Waals surface area contributed by atoms with Crippen molar-refractivity contribution in [3.63, 3.8) is 0 Å². The van der Waals surface area contributed by atoms with Crippen molar-refractivity contribution in [1.29, 1.82) is 0 Å². The standard InChI is InChI=1S/C20H31N5O3/c1-14(2)27-17-7-6-15(10-21-17)11-22-18-23-12-16-13-24(8-9-25(16)18)19(26)28-20(3,4)5/h6-7,10,14,16H,8-9,11-13H2,1-5H3,(H,22,23). The largest absolute Gasteiger partial charge is 0.475 e. The molecular formula is C20H31N5O3. The zero-order chi connectivity index (χ0) is 20.3. The molecule has 3 rings (SSSR count). The zero-order valence-corrected chi connectivity index (χ0v) is 17.4. The van der Waals surface area contributed by atoms with E-state index >= 15 is 0 Å². The lowest BCUT2D eigenvalue weighted by Gasteiger charge is -2.39. The molecule has 1 aromatic rings. The number of amides is 1. The number of pyridine rings is 1. The summed E-state index contributed by atoms with van der Waals surface area (Å²) in [5.74, 6) is 1.52. The van der Waals surface area contributed by atoms with Crippen molar-refractivity contribution in [2.24, 2.45) is 4.99 Å². The van der Waals surface area contributed by atoms with E-state index in [-0.39, 0.29) is 18.2 Å². The molecule has 3 heterocycles. The third-order valence-corrected chi connectivity index (χ3v) is 4.46. The molecular weight excluding hydrogens is 358 g/mol. The van der Waals surface area contributed by atoms with Crippen LogP contribution >= 0.6 is 0 Å². The van der Waals surface area contributed by atoms with E-state index in [1.807, 2.05) is 52.9 Å². The van der Waals surface area contributed by atoms with Crippen LogP contribution in [0.1, 0.15) is 40.2 Å². The molecule has 1 amide bonds. The second-order valence-corrected chi connectivity index (χ2v) is 8.46. The lowest BCUT2D eigenvalue weighted by molar-refractivity contribution is 0.0137. The summed E-state index contributed by atoms with van der Waals surface area (Å²) >= 11 is 0. The van der Waals surface area contributed by atoms with Crippen LogP contribution < -0.4 is 10.1 Å². The summed E-state index contributed by atoms with van der Waals surface area (Å²) < 4.78 is 11.1. The summed E-state index contributed by atoms with van der Waals surface area (Å²) in [5, 5.41) is 3.40. The molecule has 0 bridgehead atoms. The Morgan fingerprint density at radius 2 is 2.11 bits per heavy atom. The molecule has 1 aromatic heterocycles. The van der Waals surface area contributed by atoms with Gasteiger partial charge >= 0.3 is 6.09 Å². The lowest BCUT2D eigenvalue weighted by Crippen LogP contribution is -2.57. The van der Waals surface area contributed by atoms with Gasteiger partial charge in [-0.1, -0.05) is 6.07 Å². The molecule has 2 aliphatic rings. The fourth-order valence-electron chi connectivity index (χ4n) is 3.23. The Bertz CT molecular complexity index is 712. The van der Waals surface area contributed by atoms with E-state index in [4.69, 9.17) is 9.47 Å². The molecule has 8 heteroatoms. The SMILES string of the molecule is CC(C)Oc1ccc(CNC2=NCC3CN(C(=O)OC(C)(C)C)CCN23)cn1. The Balaban J connectivity index is 1.49. The van der Waals surface area contributed by atoms with Gasteiger partial charge in [-0.25, -0.2) is 9.78 Å². The maximum atomic E-state index is 12.3. The molecule has 1 N–H and O–H groups in total. The number of rotatable bonds is 4. The second-order valence-electron chi connectivity index (χ2n) is 8.46. The molecule has 0 saturated carbocycles. The Kier molecular flexibility index (Phi) is 5.96. The number of hydrogen-bond acceptors (Lipinski definition) is 7. The van der Waals surface area contributed by atoms with E-state index < -0.39 is 5.60 Å². The second kappa shape index (κ2) is 8.24. The fourth-order valence-corrected chi connectivity index (χ4v) is 3.23. The smallest absolute Gasteiger partial charge is 0.410 e. The zero-order valence-electron chi connectivity index (χ0n) is 17.4. The molecule has 0 spiro atoms. The first-order valence-electron chi connectivity index (χ1n) is 9.86. The number of aromatic nitrogens is 1. The third-order valence-electron chi connectivity index (χ3n) is 4.46. The van der Waals surface area contributed by atoms with Crippen LogP contribution in [0.4, 0.5) is 4.79 Å². The van der Waals surface area contributed by atoms with Gasteiger partial charge in [-0.3, -0.25) is 4.99 Å². The van der Waals surface area contributed by atoms with Crippen LogP contribution in [0.5, 0.6) is 5.88 Å². The van der Waals surface area contributed by atoms with Crippen LogP contribution in [0.15, 0.2) is 23.3 Å². The molecule has 2 aliphatic heterocycles. The Hall–Kier alpha value is -2.51. The van der Waals surface area contributed by atoms with Gasteiger partial charge < -0.3 is 24.6 Å². The summed E-state index contributed by atoms with van der Waals surface area (Å²) in [6.45, 7) is 13.0. The quantitative estimate of drug-likeness (QED) is 0.851. The highest BCUT2D eigenvalue weighted by atomic mass is 16.6. The van der Waals surface area contributed by atoms with Crippen molar-refractivity contribution in [3.05, 3.63) is 23.9 Å². The first-order valence-corrected chi connectivity index (χ1v) is 9.86. The molecule has 1 unspecified atom stereocenters. The number of nitrogens with zero attached hydrogens (tertiary/aromatic N) is 4. The molecule has 1 fully saturated rings. The number of hydrogen-bond donors (Lipinski definition) is 1. The molecule has 28 heavy (non-hydrogen) atoms. The number of ether oxygens (including phenoxy) is 2. The predicted octanol–water partition coefficient (Wildman–Crippen LogP) is 2.25. The summed E-state index contributed by atoms with van der Waals surface area (Å²) in [5.41, 5.74) is 0.589. The van der Waals surface area contributed by atoms with Gasteiger partial charge in [0.2, 0.25) is 5.88 Å². The van der Waals surface area contributed by atoms with Gasteiger partial charge in [0.1, 0.15) is 5.60 Å². The van der Waals surface area contributed by atoms with E-state index in [0.29, 0.717) is 32.1 Å². The van der Waals surface area contributed by atoms with Crippen molar-refractivity contribution < 1.29 is 14.3 Å². The van der Waals surface area contributed by atoms with Gasteiger partial charge in [-0.05, 0) is 40.2 Å². The lowest BCUT2D eigenvalue weighted by atomic mass is 10.2. The van der Waals surface area contributed by atoms with Gasteiger partial charge in [0.25, 0.3) is 0 Å². The fraction of sp³-hybridized carbons (Fsp3) is 0.650. The van der Waals surface area contributed by atoms with E-state index in [2.05, 4.69) is 20.2 Å². The van der Waals surface area contributed by atoms with Gasteiger partial charge in [-0.2, -0.15) is 0 Å². The molecule has 0 aliphatic carbocycles. The van der Waals surface area contributed by atoms with Gasteiger partial charge in [-0.15, -0.1) is 0 Å². The van der Waals surface area contributed by atoms with E-state index in [1.165, 1.54) is 0 Å². The van der Waals surface area contributed by atoms with Crippen molar-refractivity contribution in [2.75, 3.05) is 26.2 Å². The van der Waals surface area contributed by atoms with Crippen molar-refractivity contribution in [1.82, 2.24) is 20.1 Å². The van der Waals surface area contributed by atoms with Crippen LogP contribution in [-0.2, 0) is 11.3 Å². The highest BCUT2D eigenvalue weighted by molar-refractivity contribution is 5.82. The Morgan fingerprint density at radius 3 is 2.75 bits per heavy atom. The number of aliphatic imine (C=N–C) groups is 1. The van der Waals surface area contributed by atoms with Crippen LogP contribution in [0.3, 0.4) is 0 Å². The number of fused-ring (bicyclic) bond motifs is 1. The monoisotopic (exact) mass is 389 g/mol. The number of piperazine rings is 1. The summed E-state index contributed by atoms with van der Waals surface area (Å²) in [7, 11) is 0. The third kappa shape index (κ3) is 5.27. The van der Waals surface area contributed by atoms with Gasteiger partial charge in [0.15, 0.2) is 5.96 Å². The predicted molar refractivity (Wildman–Crippen MR) is 107 cm³/mol. The van der Waals surface area contributed by atoms with Crippen LogP contribution in [-0.4, -0.2) is 70.8 Å². The van der Waals surface area contributed by atoms with Crippen LogP contribution in [0.25, 0.3) is 0 Å². The highest BCUT2D eigenvalue weighted by Gasteiger charge is 2.36. The van der Waals surface area contributed by atoms with E-state index in [1.54, 1.807) is 4.90 Å². The normalized spacial score (nSPS) is 19.4. The summed E-state index contributed by atoms with van der Waals surface area (Å²) in [6.07, 6.45) is 1.68. The average molecular weight is 390 g/mol. The topological polar surface area (TPSA) is 79.3 Å². The van der Waals surface area contributed by atoms with Crippen molar-refractivity contribution >= 4 is 12.1 Å². The molecule has 1 atom stereocenters. The molecule has 1 saturated heterocycles. The van der Waals surface area contributed by atoms with Crippen LogP contribution in [0, 0.1) is 0 Å². The van der Waals surface area contributed by atoms with E-state index in [0.717, 1.165) is 18.1 Å². The molecule has 154 valence electrons. The van der Waals surface area contributed by atoms with Crippen molar-refractivity contribution in [3.8, 4) is 5.88 Å². The minimum absolute atomic E-state index is 0.112. The number of carbonyl (C=O) groups excluding carboxylic acids is 1. The minimum atomic E-state index is -0.475. The number of carbonyl (C=O) groups is 1. The molecule has 0 radical (unpaired) electrons. The Morgan fingerprint density at radius 1 is 1.32 bits per heavy atom. The van der Waals surface area contributed by atoms with E-state index in [9.17, 15) is 4.79 Å². The molecule has 0 aromatic carbocycles. The highest BCUT2D eigenvalue weighted by Crippen LogP contribution is 2.19. The first-order chi connectivity index (χ1) is 13.2. The van der Waals surface area contributed by atoms with Gasteiger partial charge in [0, 0.05) is 38.4 Å². The maximum absolute atomic E-state index is 12.3. The number of nitrogens with one attached hydrogen (secondary N) is 1. The van der Waals surface area contributed by atoms with Crippen LogP contribution in [0.2, 0.25) is 0 Å². The van der Waals surface area contributed by atoms with Crippen molar-refractivity contribution in [2.45, 2.75) is 58.9 Å². The maximum Gasteiger partial charge on any atom is 0.410 e. The first kappa shape index (κ1) is 20.2. The number of guanidine groups is 1.